The van der Waals surface area contributed by atoms with E-state index in [0.717, 1.165) is 11.1 Å². The normalized spacial score (nSPS) is 23.2. The minimum absolute atomic E-state index is 0.0730. The van der Waals surface area contributed by atoms with Gasteiger partial charge in [-0.1, -0.05) is 49.7 Å². The maximum Gasteiger partial charge on any atom is 0.341 e. The van der Waals surface area contributed by atoms with Crippen LogP contribution in [0.5, 0.6) is 5.75 Å². The molecule has 1 aliphatic rings. The number of carboxylic acids is 1. The van der Waals surface area contributed by atoms with Crippen molar-refractivity contribution in [1.29, 1.82) is 0 Å². The molecule has 2 aromatic carbocycles. The van der Waals surface area contributed by atoms with Crippen LogP contribution < -0.4 is 4.74 Å². The lowest BCUT2D eigenvalue weighted by atomic mass is 9.73. The van der Waals surface area contributed by atoms with Crippen molar-refractivity contribution in [3.63, 3.8) is 0 Å². The average Bonchev–Trinajstić information content (AvgIpc) is 2.73. The molecule has 4 nitrogen and oxygen atoms in total. The van der Waals surface area contributed by atoms with Gasteiger partial charge in [-0.3, -0.25) is 0 Å². The number of ether oxygens (including phenoxy) is 2. The van der Waals surface area contributed by atoms with Gasteiger partial charge in [0.15, 0.2) is 6.61 Å². The fourth-order valence-electron chi connectivity index (χ4n) is 4.37. The molecule has 32 heavy (non-hydrogen) atoms. The summed E-state index contributed by atoms with van der Waals surface area (Å²) in [5.41, 5.74) is 2.18. The maximum atomic E-state index is 15.2. The number of carboxylic acid groups (broad SMARTS) is 1. The van der Waals surface area contributed by atoms with Crippen molar-refractivity contribution in [2.45, 2.75) is 45.3 Å². The number of hydrogen-bond acceptors (Lipinski definition) is 3. The first kappa shape index (κ1) is 24.7. The van der Waals surface area contributed by atoms with Crippen molar-refractivity contribution in [1.82, 2.24) is 0 Å². The molecule has 0 aliphatic carbocycles. The lowest BCUT2D eigenvalue weighted by Gasteiger charge is -2.44. The van der Waals surface area contributed by atoms with Crippen molar-refractivity contribution in [3.05, 3.63) is 75.0 Å². The minimum Gasteiger partial charge on any atom is -0.480 e. The molecule has 0 aromatic heterocycles. The Kier molecular flexibility index (Phi) is 8.01. The van der Waals surface area contributed by atoms with E-state index in [1.165, 1.54) is 12.1 Å². The van der Waals surface area contributed by atoms with Crippen molar-refractivity contribution in [2.24, 2.45) is 11.8 Å². The van der Waals surface area contributed by atoms with E-state index in [4.69, 9.17) is 26.2 Å². The highest BCUT2D eigenvalue weighted by molar-refractivity contribution is 9.10. The molecule has 3 rings (SSSR count). The smallest absolute Gasteiger partial charge is 0.341 e. The third kappa shape index (κ3) is 5.36. The zero-order valence-electron chi connectivity index (χ0n) is 18.3. The molecule has 4 atom stereocenters. The van der Waals surface area contributed by atoms with Gasteiger partial charge in [0.1, 0.15) is 11.6 Å². The molecule has 1 saturated heterocycles. The molecule has 0 saturated carbocycles. The van der Waals surface area contributed by atoms with Crippen molar-refractivity contribution < 1.29 is 23.8 Å². The molecule has 7 heteroatoms. The molecule has 0 unspecified atom stereocenters. The second-order valence-electron chi connectivity index (χ2n) is 8.57. The van der Waals surface area contributed by atoms with Crippen LogP contribution in [0.1, 0.15) is 50.3 Å². The molecule has 172 valence electrons. The first-order chi connectivity index (χ1) is 15.1. The highest BCUT2D eigenvalue weighted by Crippen LogP contribution is 2.51. The Morgan fingerprint density at radius 2 is 1.97 bits per heavy atom. The third-order valence-corrected chi connectivity index (χ3v) is 6.76. The van der Waals surface area contributed by atoms with Crippen LogP contribution in [-0.4, -0.2) is 23.8 Å². The van der Waals surface area contributed by atoms with Crippen molar-refractivity contribution >= 4 is 33.5 Å². The van der Waals surface area contributed by atoms with Gasteiger partial charge in [-0.2, -0.15) is 0 Å². The van der Waals surface area contributed by atoms with Crippen molar-refractivity contribution in [3.8, 4) is 5.75 Å². The van der Waals surface area contributed by atoms with E-state index in [1.807, 2.05) is 31.2 Å². The second-order valence-corrected chi connectivity index (χ2v) is 9.86. The van der Waals surface area contributed by atoms with Crippen LogP contribution in [0.25, 0.3) is 0 Å². The van der Waals surface area contributed by atoms with Gasteiger partial charge >= 0.3 is 5.97 Å². The Balaban J connectivity index is 2.07. The molecule has 2 aromatic rings. The second kappa shape index (κ2) is 10.4. The molecule has 1 N–H and O–H groups in total. The number of aliphatic carboxylic acids is 1. The SMILES string of the molecule is C=C(C)[C@@H]1C[C@@H](c2ccc(Cl)cc2)[C@@H](C(C)C)O[C@H]1c1c(F)ccc(Br)c1OCC(=O)O. The lowest BCUT2D eigenvalue weighted by molar-refractivity contribution is -0.139. The zero-order valence-corrected chi connectivity index (χ0v) is 20.6. The first-order valence-corrected chi connectivity index (χ1v) is 11.7. The summed E-state index contributed by atoms with van der Waals surface area (Å²) in [5.74, 6) is -1.46. The highest BCUT2D eigenvalue weighted by atomic mass is 79.9. The average molecular weight is 526 g/mol. The Hall–Kier alpha value is -1.89. The molecule has 0 spiro atoms. The third-order valence-electron chi connectivity index (χ3n) is 5.88. The van der Waals surface area contributed by atoms with E-state index in [0.29, 0.717) is 15.9 Å². The van der Waals surface area contributed by atoms with Crippen molar-refractivity contribution in [2.75, 3.05) is 6.61 Å². The van der Waals surface area contributed by atoms with Crippen LogP contribution in [0.15, 0.2) is 53.0 Å². The quantitative estimate of drug-likeness (QED) is 0.389. The summed E-state index contributed by atoms with van der Waals surface area (Å²) in [4.78, 5) is 11.1. The van der Waals surface area contributed by atoms with Crippen LogP contribution in [0, 0.1) is 17.7 Å². The standard InChI is InChI=1S/C25H27BrClFO4/c1-13(2)17-11-18(15-5-7-16(27)8-6-15)23(14(3)4)32-24(17)22-20(28)10-9-19(26)25(22)31-12-21(29)30/h5-10,14,17-18,23-24H,1,11-12H2,2-4H3,(H,29,30)/t17-,18-,23+,24+/m0/s1. The van der Waals surface area contributed by atoms with Gasteiger partial charge in [0, 0.05) is 16.9 Å². The van der Waals surface area contributed by atoms with Gasteiger partial charge in [0.2, 0.25) is 0 Å². The van der Waals surface area contributed by atoms with E-state index >= 15 is 4.39 Å². The molecular weight excluding hydrogens is 499 g/mol. The molecule has 0 amide bonds. The number of benzene rings is 2. The minimum atomic E-state index is -1.14. The Labute approximate surface area is 201 Å². The summed E-state index contributed by atoms with van der Waals surface area (Å²) in [6.07, 6.45) is -0.151. The number of halogens is 3. The predicted molar refractivity (Wildman–Crippen MR) is 127 cm³/mol. The fraction of sp³-hybridized carbons (Fsp3) is 0.400. The van der Waals surface area contributed by atoms with Crippen LogP contribution in [0.3, 0.4) is 0 Å². The van der Waals surface area contributed by atoms with E-state index in [9.17, 15) is 4.79 Å². The van der Waals surface area contributed by atoms with E-state index < -0.39 is 24.5 Å². The van der Waals surface area contributed by atoms with Gasteiger partial charge in [-0.05, 0) is 65.0 Å². The van der Waals surface area contributed by atoms with Gasteiger partial charge in [0.05, 0.1) is 22.2 Å². The first-order valence-electron chi connectivity index (χ1n) is 10.5. The Morgan fingerprint density at radius 1 is 1.31 bits per heavy atom. The summed E-state index contributed by atoms with van der Waals surface area (Å²) in [6.45, 7) is 9.62. The van der Waals surface area contributed by atoms with E-state index in [-0.39, 0.29) is 35.2 Å². The van der Waals surface area contributed by atoms with Gasteiger partial charge < -0.3 is 14.6 Å². The maximum absolute atomic E-state index is 15.2. The summed E-state index contributed by atoms with van der Waals surface area (Å²) in [6, 6.07) is 10.6. The lowest BCUT2D eigenvalue weighted by Crippen LogP contribution is -2.39. The monoisotopic (exact) mass is 524 g/mol. The van der Waals surface area contributed by atoms with E-state index in [2.05, 4.69) is 36.4 Å². The zero-order chi connectivity index (χ0) is 23.6. The number of carbonyl (C=O) groups is 1. The predicted octanol–water partition coefficient (Wildman–Crippen LogP) is 7.17. The Morgan fingerprint density at radius 3 is 2.53 bits per heavy atom. The van der Waals surface area contributed by atoms with Gasteiger partial charge in [-0.15, -0.1) is 0 Å². The molecule has 1 heterocycles. The molecule has 0 bridgehead atoms. The molecule has 1 fully saturated rings. The Bertz CT molecular complexity index is 992. The summed E-state index contributed by atoms with van der Waals surface area (Å²) in [7, 11) is 0. The van der Waals surface area contributed by atoms with E-state index in [1.54, 1.807) is 0 Å². The van der Waals surface area contributed by atoms with Crippen LogP contribution in [0.4, 0.5) is 4.39 Å². The highest BCUT2D eigenvalue weighted by Gasteiger charge is 2.43. The topological polar surface area (TPSA) is 55.8 Å². The van der Waals surface area contributed by atoms with Gasteiger partial charge in [-0.25, -0.2) is 9.18 Å². The summed E-state index contributed by atoms with van der Waals surface area (Å²) in [5, 5.41) is 9.75. The summed E-state index contributed by atoms with van der Waals surface area (Å²) < 4.78 is 27.8. The largest absolute Gasteiger partial charge is 0.480 e. The molecular formula is C25H27BrClFO4. The molecule has 1 aliphatic heterocycles. The summed E-state index contributed by atoms with van der Waals surface area (Å²) >= 11 is 9.47. The number of hydrogen-bond donors (Lipinski definition) is 1. The number of rotatable bonds is 7. The molecule has 0 radical (unpaired) electrons. The van der Waals surface area contributed by atoms with Crippen LogP contribution in [0.2, 0.25) is 5.02 Å². The van der Waals surface area contributed by atoms with Crippen LogP contribution >= 0.6 is 27.5 Å². The van der Waals surface area contributed by atoms with Gasteiger partial charge in [0.25, 0.3) is 0 Å². The van der Waals surface area contributed by atoms with Crippen LogP contribution in [-0.2, 0) is 9.53 Å². The fourth-order valence-corrected chi connectivity index (χ4v) is 4.96.